The van der Waals surface area contributed by atoms with Crippen LogP contribution in [0.3, 0.4) is 0 Å². The zero-order valence-corrected chi connectivity index (χ0v) is 19.7. The standard InChI is InChI=1S/C22H21ClN6O4S/c1-3-10-28-19(12-20(30)25-17-7-5-4-6-16(17)23)26-27-22(28)34-13-21(31)24-15-9-8-14(2)18(11-15)29(32)33/h3-9,11H,1,10,12-13H2,2H3,(H,24,31)(H,25,30). The Balaban J connectivity index is 1.64. The number of nitrogens with zero attached hydrogens (tertiary/aromatic N) is 4. The number of aromatic nitrogens is 3. The van der Waals surface area contributed by atoms with Crippen molar-refractivity contribution in [3.8, 4) is 0 Å². The average molecular weight is 501 g/mol. The second kappa shape index (κ2) is 11.4. The lowest BCUT2D eigenvalue weighted by Gasteiger charge is -2.09. The summed E-state index contributed by atoms with van der Waals surface area (Å²) in [5, 5.41) is 25.5. The van der Waals surface area contributed by atoms with E-state index in [4.69, 9.17) is 11.6 Å². The Hall–Kier alpha value is -3.70. The summed E-state index contributed by atoms with van der Waals surface area (Å²) in [6.45, 7) is 5.69. The number of hydrogen-bond acceptors (Lipinski definition) is 7. The van der Waals surface area contributed by atoms with Crippen LogP contribution in [0.25, 0.3) is 0 Å². The van der Waals surface area contributed by atoms with Gasteiger partial charge in [0, 0.05) is 23.9 Å². The van der Waals surface area contributed by atoms with E-state index in [2.05, 4.69) is 27.4 Å². The van der Waals surface area contributed by atoms with Crippen molar-refractivity contribution in [2.75, 3.05) is 16.4 Å². The number of aryl methyl sites for hydroxylation is 1. The van der Waals surface area contributed by atoms with Gasteiger partial charge in [0.2, 0.25) is 11.8 Å². The molecule has 0 atom stereocenters. The van der Waals surface area contributed by atoms with Gasteiger partial charge in [-0.05, 0) is 25.1 Å². The quantitative estimate of drug-likeness (QED) is 0.184. The van der Waals surface area contributed by atoms with E-state index in [0.717, 1.165) is 11.8 Å². The van der Waals surface area contributed by atoms with E-state index in [1.165, 1.54) is 6.07 Å². The topological polar surface area (TPSA) is 132 Å². The molecule has 0 saturated carbocycles. The normalized spacial score (nSPS) is 10.5. The van der Waals surface area contributed by atoms with Gasteiger partial charge in [-0.25, -0.2) is 0 Å². The zero-order valence-electron chi connectivity index (χ0n) is 18.2. The van der Waals surface area contributed by atoms with E-state index in [1.54, 1.807) is 54.0 Å². The molecule has 2 N–H and O–H groups in total. The summed E-state index contributed by atoms with van der Waals surface area (Å²) < 4.78 is 1.69. The predicted octanol–water partition coefficient (Wildman–Crippen LogP) is 4.25. The predicted molar refractivity (Wildman–Crippen MR) is 131 cm³/mol. The summed E-state index contributed by atoms with van der Waals surface area (Å²) in [6, 6.07) is 11.4. The van der Waals surface area contributed by atoms with Crippen LogP contribution in [0, 0.1) is 17.0 Å². The van der Waals surface area contributed by atoms with Crippen molar-refractivity contribution >= 4 is 52.2 Å². The van der Waals surface area contributed by atoms with Crippen LogP contribution < -0.4 is 10.6 Å². The third-order valence-corrected chi connectivity index (χ3v) is 5.89. The molecule has 10 nitrogen and oxygen atoms in total. The molecule has 0 aliphatic carbocycles. The van der Waals surface area contributed by atoms with Gasteiger partial charge in [-0.15, -0.1) is 16.8 Å². The van der Waals surface area contributed by atoms with Gasteiger partial charge in [0.15, 0.2) is 5.16 Å². The summed E-state index contributed by atoms with van der Waals surface area (Å²) in [7, 11) is 0. The number of amides is 2. The maximum atomic E-state index is 12.5. The van der Waals surface area contributed by atoms with Crippen LogP contribution in [0.4, 0.5) is 17.1 Å². The Morgan fingerprint density at radius 3 is 2.68 bits per heavy atom. The number of anilines is 2. The van der Waals surface area contributed by atoms with E-state index in [9.17, 15) is 19.7 Å². The minimum Gasteiger partial charge on any atom is -0.325 e. The molecule has 0 saturated heterocycles. The third kappa shape index (κ3) is 6.42. The first-order chi connectivity index (χ1) is 16.3. The van der Waals surface area contributed by atoms with E-state index in [1.807, 2.05) is 0 Å². The first-order valence-electron chi connectivity index (χ1n) is 10.0. The van der Waals surface area contributed by atoms with Gasteiger partial charge in [0.1, 0.15) is 5.82 Å². The Morgan fingerprint density at radius 2 is 1.97 bits per heavy atom. The summed E-state index contributed by atoms with van der Waals surface area (Å²) in [4.78, 5) is 35.5. The van der Waals surface area contributed by atoms with Crippen LogP contribution in [0.5, 0.6) is 0 Å². The minimum absolute atomic E-state index is 0.0111. The summed E-state index contributed by atoms with van der Waals surface area (Å²) in [5.41, 5.74) is 1.25. The number of nitro benzene ring substituents is 1. The maximum absolute atomic E-state index is 12.5. The van der Waals surface area contributed by atoms with Gasteiger partial charge in [0.25, 0.3) is 5.69 Å². The van der Waals surface area contributed by atoms with Crippen LogP contribution in [0.2, 0.25) is 5.02 Å². The Bertz CT molecular complexity index is 1250. The first kappa shape index (κ1) is 24.9. The van der Waals surface area contributed by atoms with Crippen molar-refractivity contribution in [1.29, 1.82) is 0 Å². The smallest absolute Gasteiger partial charge is 0.274 e. The second-order valence-electron chi connectivity index (χ2n) is 7.10. The van der Waals surface area contributed by atoms with Crippen LogP contribution in [0.1, 0.15) is 11.4 Å². The van der Waals surface area contributed by atoms with Crippen molar-refractivity contribution in [2.24, 2.45) is 0 Å². The number of carbonyl (C=O) groups excluding carboxylic acids is 2. The van der Waals surface area contributed by atoms with Crippen LogP contribution in [0.15, 0.2) is 60.3 Å². The summed E-state index contributed by atoms with van der Waals surface area (Å²) >= 11 is 7.21. The lowest BCUT2D eigenvalue weighted by molar-refractivity contribution is -0.385. The number of benzene rings is 2. The third-order valence-electron chi connectivity index (χ3n) is 4.59. The lowest BCUT2D eigenvalue weighted by atomic mass is 10.2. The molecule has 12 heteroatoms. The number of hydrogen-bond donors (Lipinski definition) is 2. The summed E-state index contributed by atoms with van der Waals surface area (Å²) in [6.07, 6.45) is 1.58. The number of nitro groups is 1. The van der Waals surface area contributed by atoms with Gasteiger partial charge in [-0.3, -0.25) is 19.7 Å². The molecule has 0 fully saturated rings. The molecule has 2 amide bonds. The van der Waals surface area contributed by atoms with Gasteiger partial charge in [-0.1, -0.05) is 47.6 Å². The molecule has 1 aromatic heterocycles. The van der Waals surface area contributed by atoms with Crippen molar-refractivity contribution in [3.05, 3.63) is 81.6 Å². The molecule has 2 aromatic carbocycles. The molecule has 3 aromatic rings. The fourth-order valence-corrected chi connectivity index (χ4v) is 3.93. The van der Waals surface area contributed by atoms with Gasteiger partial charge < -0.3 is 15.2 Å². The van der Waals surface area contributed by atoms with E-state index in [0.29, 0.717) is 39.5 Å². The largest absolute Gasteiger partial charge is 0.325 e. The van der Waals surface area contributed by atoms with Crippen LogP contribution in [-0.2, 0) is 22.6 Å². The SMILES string of the molecule is C=CCn1c(CC(=O)Nc2ccccc2Cl)nnc1SCC(=O)Nc1ccc(C)c([N+](=O)[O-])c1. The number of rotatable bonds is 10. The fourth-order valence-electron chi connectivity index (χ4n) is 2.98. The fraction of sp³-hybridized carbons (Fsp3) is 0.182. The number of carbonyl (C=O) groups is 2. The molecule has 0 aliphatic rings. The molecule has 176 valence electrons. The average Bonchev–Trinajstić information content (AvgIpc) is 3.16. The highest BCUT2D eigenvalue weighted by Gasteiger charge is 2.18. The number of halogens is 1. The number of allylic oxidation sites excluding steroid dienone is 1. The van der Waals surface area contributed by atoms with E-state index >= 15 is 0 Å². The van der Waals surface area contributed by atoms with Crippen molar-refractivity contribution in [1.82, 2.24) is 14.8 Å². The second-order valence-corrected chi connectivity index (χ2v) is 8.45. The van der Waals surface area contributed by atoms with Crippen molar-refractivity contribution in [2.45, 2.75) is 25.0 Å². The highest BCUT2D eigenvalue weighted by atomic mass is 35.5. The Kier molecular flexibility index (Phi) is 8.39. The molecular weight excluding hydrogens is 480 g/mol. The van der Waals surface area contributed by atoms with Crippen molar-refractivity contribution < 1.29 is 14.5 Å². The molecule has 1 heterocycles. The molecular formula is C22H21ClN6O4S. The summed E-state index contributed by atoms with van der Waals surface area (Å²) in [5.74, 6) is -0.292. The Labute approximate surface area is 204 Å². The lowest BCUT2D eigenvalue weighted by Crippen LogP contribution is -2.18. The van der Waals surface area contributed by atoms with E-state index in [-0.39, 0.29) is 29.7 Å². The molecule has 34 heavy (non-hydrogen) atoms. The number of nitrogens with one attached hydrogen (secondary N) is 2. The molecule has 0 aliphatic heterocycles. The van der Waals surface area contributed by atoms with Gasteiger partial charge in [-0.2, -0.15) is 0 Å². The monoisotopic (exact) mass is 500 g/mol. The van der Waals surface area contributed by atoms with Gasteiger partial charge >= 0.3 is 0 Å². The molecule has 0 spiro atoms. The highest BCUT2D eigenvalue weighted by molar-refractivity contribution is 7.99. The number of para-hydroxylation sites is 1. The first-order valence-corrected chi connectivity index (χ1v) is 11.4. The molecule has 0 radical (unpaired) electrons. The minimum atomic E-state index is -0.499. The van der Waals surface area contributed by atoms with Gasteiger partial charge in [0.05, 0.1) is 27.8 Å². The van der Waals surface area contributed by atoms with Crippen LogP contribution >= 0.6 is 23.4 Å². The van der Waals surface area contributed by atoms with E-state index < -0.39 is 4.92 Å². The molecule has 0 bridgehead atoms. The zero-order chi connectivity index (χ0) is 24.7. The maximum Gasteiger partial charge on any atom is 0.274 e. The Morgan fingerprint density at radius 1 is 1.21 bits per heavy atom. The highest BCUT2D eigenvalue weighted by Crippen LogP contribution is 2.24. The molecule has 3 rings (SSSR count). The van der Waals surface area contributed by atoms with Crippen molar-refractivity contribution in [3.63, 3.8) is 0 Å². The van der Waals surface area contributed by atoms with Crippen LogP contribution in [-0.4, -0.2) is 37.3 Å². The molecule has 0 unspecified atom stereocenters. The number of thioether (sulfide) groups is 1.